The molecule has 0 aliphatic rings. The maximum atomic E-state index is 11.8. The number of benzene rings is 1. The SMILES string of the molecule is CNC(=O)N(C(=O)NC)c1cnc2ccccc2c1. The third kappa shape index (κ3) is 2.47. The molecule has 1 aromatic carbocycles. The van der Waals surface area contributed by atoms with E-state index in [1.54, 1.807) is 6.07 Å². The van der Waals surface area contributed by atoms with Crippen LogP contribution in [0.5, 0.6) is 0 Å². The molecule has 6 heteroatoms. The van der Waals surface area contributed by atoms with Crippen LogP contribution in [-0.2, 0) is 0 Å². The summed E-state index contributed by atoms with van der Waals surface area (Å²) in [6.45, 7) is 0. The molecule has 0 spiro atoms. The Morgan fingerprint density at radius 2 is 1.74 bits per heavy atom. The van der Waals surface area contributed by atoms with Gasteiger partial charge in [-0.25, -0.2) is 14.5 Å². The van der Waals surface area contributed by atoms with Gasteiger partial charge < -0.3 is 10.6 Å². The van der Waals surface area contributed by atoms with Gasteiger partial charge >= 0.3 is 12.1 Å². The van der Waals surface area contributed by atoms with Crippen molar-refractivity contribution >= 4 is 28.7 Å². The summed E-state index contributed by atoms with van der Waals surface area (Å²) in [4.78, 5) is 28.8. The Bertz CT molecular complexity index is 611. The van der Waals surface area contributed by atoms with E-state index in [1.807, 2.05) is 24.3 Å². The second-order valence-electron chi connectivity index (χ2n) is 3.83. The monoisotopic (exact) mass is 258 g/mol. The van der Waals surface area contributed by atoms with Crippen molar-refractivity contribution in [2.24, 2.45) is 0 Å². The Morgan fingerprint density at radius 3 is 2.37 bits per heavy atom. The number of nitrogens with zero attached hydrogens (tertiary/aromatic N) is 2. The van der Waals surface area contributed by atoms with Crippen LogP contribution in [0.1, 0.15) is 0 Å². The van der Waals surface area contributed by atoms with E-state index < -0.39 is 12.1 Å². The lowest BCUT2D eigenvalue weighted by molar-refractivity contribution is 0.236. The van der Waals surface area contributed by atoms with Crippen LogP contribution in [0.2, 0.25) is 0 Å². The number of hydrogen-bond acceptors (Lipinski definition) is 3. The number of pyridine rings is 1. The summed E-state index contributed by atoms with van der Waals surface area (Å²) in [6.07, 6.45) is 1.49. The highest BCUT2D eigenvalue weighted by Gasteiger charge is 2.21. The van der Waals surface area contributed by atoms with Crippen LogP contribution in [0.4, 0.5) is 15.3 Å². The Labute approximate surface area is 110 Å². The number of aromatic nitrogens is 1. The summed E-state index contributed by atoms with van der Waals surface area (Å²) in [7, 11) is 2.93. The van der Waals surface area contributed by atoms with E-state index in [4.69, 9.17) is 0 Å². The van der Waals surface area contributed by atoms with Crippen molar-refractivity contribution in [1.29, 1.82) is 0 Å². The number of fused-ring (bicyclic) bond motifs is 1. The molecule has 0 unspecified atom stereocenters. The van der Waals surface area contributed by atoms with Crippen molar-refractivity contribution in [3.8, 4) is 0 Å². The Hall–Kier alpha value is -2.63. The smallest absolute Gasteiger partial charge is 0.329 e. The summed E-state index contributed by atoms with van der Waals surface area (Å²) >= 11 is 0. The average Bonchev–Trinajstić information content (AvgIpc) is 2.46. The number of para-hydroxylation sites is 1. The summed E-state index contributed by atoms with van der Waals surface area (Å²) in [5, 5.41) is 5.71. The van der Waals surface area contributed by atoms with Gasteiger partial charge in [-0.2, -0.15) is 0 Å². The third-order valence-electron chi connectivity index (χ3n) is 2.67. The average molecular weight is 258 g/mol. The second-order valence-corrected chi connectivity index (χ2v) is 3.83. The molecule has 0 aliphatic carbocycles. The Morgan fingerprint density at radius 1 is 1.11 bits per heavy atom. The number of nitrogens with one attached hydrogen (secondary N) is 2. The Balaban J connectivity index is 2.49. The van der Waals surface area contributed by atoms with E-state index in [0.29, 0.717) is 5.69 Å². The van der Waals surface area contributed by atoms with Gasteiger partial charge in [-0.3, -0.25) is 4.98 Å². The molecule has 19 heavy (non-hydrogen) atoms. The normalized spacial score (nSPS) is 10.0. The minimum absolute atomic E-state index is 0.414. The summed E-state index contributed by atoms with van der Waals surface area (Å²) < 4.78 is 0. The van der Waals surface area contributed by atoms with Crippen LogP contribution >= 0.6 is 0 Å². The molecule has 2 rings (SSSR count). The van der Waals surface area contributed by atoms with Gasteiger partial charge in [0.1, 0.15) is 0 Å². The highest BCUT2D eigenvalue weighted by molar-refractivity contribution is 6.13. The van der Waals surface area contributed by atoms with Gasteiger partial charge in [-0.05, 0) is 12.1 Å². The maximum Gasteiger partial charge on any atom is 0.329 e. The minimum Gasteiger partial charge on any atom is -0.340 e. The van der Waals surface area contributed by atoms with E-state index in [2.05, 4.69) is 15.6 Å². The van der Waals surface area contributed by atoms with Crippen molar-refractivity contribution < 1.29 is 9.59 Å². The van der Waals surface area contributed by atoms with Gasteiger partial charge in [-0.1, -0.05) is 18.2 Å². The van der Waals surface area contributed by atoms with Gasteiger partial charge in [0.2, 0.25) is 0 Å². The third-order valence-corrected chi connectivity index (χ3v) is 2.67. The first-order valence-electron chi connectivity index (χ1n) is 5.75. The largest absolute Gasteiger partial charge is 0.340 e. The second kappa shape index (κ2) is 5.34. The van der Waals surface area contributed by atoms with Crippen LogP contribution in [0.3, 0.4) is 0 Å². The van der Waals surface area contributed by atoms with Crippen molar-refractivity contribution in [1.82, 2.24) is 15.6 Å². The van der Waals surface area contributed by atoms with Crippen molar-refractivity contribution in [2.75, 3.05) is 19.0 Å². The van der Waals surface area contributed by atoms with Gasteiger partial charge in [0, 0.05) is 19.5 Å². The summed E-state index contributed by atoms with van der Waals surface area (Å²) in [6, 6.07) is 8.20. The van der Waals surface area contributed by atoms with E-state index >= 15 is 0 Å². The molecule has 0 bridgehead atoms. The van der Waals surface area contributed by atoms with Crippen LogP contribution in [0.15, 0.2) is 36.5 Å². The molecule has 6 nitrogen and oxygen atoms in total. The molecule has 2 N–H and O–H groups in total. The molecule has 0 saturated heterocycles. The zero-order valence-corrected chi connectivity index (χ0v) is 10.7. The number of carbonyl (C=O) groups is 2. The number of carbonyl (C=O) groups excluding carboxylic acids is 2. The quantitative estimate of drug-likeness (QED) is 0.817. The van der Waals surface area contributed by atoms with Crippen LogP contribution in [-0.4, -0.2) is 31.1 Å². The van der Waals surface area contributed by atoms with E-state index in [0.717, 1.165) is 15.8 Å². The number of amides is 4. The van der Waals surface area contributed by atoms with Crippen LogP contribution < -0.4 is 15.5 Å². The lowest BCUT2D eigenvalue weighted by Crippen LogP contribution is -2.46. The van der Waals surface area contributed by atoms with Gasteiger partial charge in [-0.15, -0.1) is 0 Å². The molecule has 0 saturated carbocycles. The molecule has 4 amide bonds. The first-order valence-corrected chi connectivity index (χ1v) is 5.75. The number of urea groups is 2. The lowest BCUT2D eigenvalue weighted by Gasteiger charge is -2.19. The highest BCUT2D eigenvalue weighted by Crippen LogP contribution is 2.20. The first-order chi connectivity index (χ1) is 9.17. The lowest BCUT2D eigenvalue weighted by atomic mass is 10.2. The molecule has 98 valence electrons. The standard InChI is InChI=1S/C13H14N4O2/c1-14-12(18)17(13(19)15-2)10-7-9-5-3-4-6-11(9)16-8-10/h3-8H,1-2H3,(H,14,18)(H,15,19). The molecule has 2 aromatic rings. The Kier molecular flexibility index (Phi) is 3.61. The van der Waals surface area contributed by atoms with E-state index in [-0.39, 0.29) is 0 Å². The van der Waals surface area contributed by atoms with E-state index in [1.165, 1.54) is 20.3 Å². The fourth-order valence-electron chi connectivity index (χ4n) is 1.73. The molecule has 1 aromatic heterocycles. The van der Waals surface area contributed by atoms with Crippen molar-refractivity contribution in [2.45, 2.75) is 0 Å². The molecule has 0 atom stereocenters. The van der Waals surface area contributed by atoms with Crippen LogP contribution in [0, 0.1) is 0 Å². The van der Waals surface area contributed by atoms with Crippen molar-refractivity contribution in [3.63, 3.8) is 0 Å². The van der Waals surface area contributed by atoms with Gasteiger partial charge in [0.15, 0.2) is 0 Å². The molecular weight excluding hydrogens is 244 g/mol. The molecule has 1 heterocycles. The molecular formula is C13H14N4O2. The minimum atomic E-state index is -0.517. The fourth-order valence-corrected chi connectivity index (χ4v) is 1.73. The van der Waals surface area contributed by atoms with Gasteiger partial charge in [0.25, 0.3) is 0 Å². The summed E-state index contributed by atoms with van der Waals surface area (Å²) in [5.74, 6) is 0. The van der Waals surface area contributed by atoms with E-state index in [9.17, 15) is 9.59 Å². The maximum absolute atomic E-state index is 11.8. The number of hydrogen-bond donors (Lipinski definition) is 2. The zero-order valence-electron chi connectivity index (χ0n) is 10.7. The highest BCUT2D eigenvalue weighted by atomic mass is 16.2. The first kappa shape index (κ1) is 12.8. The summed E-state index contributed by atoms with van der Waals surface area (Å²) in [5.41, 5.74) is 1.22. The molecule has 0 radical (unpaired) electrons. The predicted octanol–water partition coefficient (Wildman–Crippen LogP) is 1.72. The number of imide groups is 1. The number of rotatable bonds is 1. The fraction of sp³-hybridized carbons (Fsp3) is 0.154. The van der Waals surface area contributed by atoms with Crippen molar-refractivity contribution in [3.05, 3.63) is 36.5 Å². The molecule has 0 aliphatic heterocycles. The molecule has 0 fully saturated rings. The zero-order chi connectivity index (χ0) is 13.8. The van der Waals surface area contributed by atoms with Crippen LogP contribution in [0.25, 0.3) is 10.9 Å². The topological polar surface area (TPSA) is 74.3 Å². The van der Waals surface area contributed by atoms with Gasteiger partial charge in [0.05, 0.1) is 17.4 Å². The predicted molar refractivity (Wildman–Crippen MR) is 73.1 cm³/mol. The number of anilines is 1.